The molecule has 3 aromatic rings. The highest BCUT2D eigenvalue weighted by Gasteiger charge is 2.17. The van der Waals surface area contributed by atoms with Crippen LogP contribution in [0.3, 0.4) is 0 Å². The topological polar surface area (TPSA) is 157 Å². The van der Waals surface area contributed by atoms with Crippen LogP contribution in [0.15, 0.2) is 28.1 Å². The minimum Gasteiger partial charge on any atom is -0.502 e. The van der Waals surface area contributed by atoms with Crippen LogP contribution in [0.2, 0.25) is 0 Å². The van der Waals surface area contributed by atoms with Gasteiger partial charge < -0.3 is 14.6 Å². The van der Waals surface area contributed by atoms with E-state index in [0.717, 1.165) is 0 Å². The summed E-state index contributed by atoms with van der Waals surface area (Å²) in [6.45, 7) is 3.20. The van der Waals surface area contributed by atoms with E-state index in [-0.39, 0.29) is 34.6 Å². The van der Waals surface area contributed by atoms with Gasteiger partial charge in [0.25, 0.3) is 17.4 Å². The molecule has 0 aliphatic carbocycles. The SMILES string of the molecule is COc1cc(/C=N\NC(=O)c2cc(C)nn2-c2nnc(C)c(=O)[nH]2)cc(OC)c1O. The lowest BCUT2D eigenvalue weighted by Gasteiger charge is -2.09. The molecule has 3 rings (SSSR count). The van der Waals surface area contributed by atoms with Gasteiger partial charge in [0.05, 0.1) is 26.1 Å². The fraction of sp³-hybridized carbons (Fsp3) is 0.222. The van der Waals surface area contributed by atoms with Gasteiger partial charge in [-0.2, -0.15) is 14.9 Å². The third kappa shape index (κ3) is 4.11. The number of amides is 1. The number of aromatic amines is 1. The number of phenols is 1. The molecule has 1 amide bonds. The molecule has 0 bridgehead atoms. The molecule has 30 heavy (non-hydrogen) atoms. The van der Waals surface area contributed by atoms with Crippen LogP contribution >= 0.6 is 0 Å². The zero-order chi connectivity index (χ0) is 21.8. The van der Waals surface area contributed by atoms with Crippen molar-refractivity contribution in [2.24, 2.45) is 5.10 Å². The van der Waals surface area contributed by atoms with Gasteiger partial charge >= 0.3 is 0 Å². The number of nitrogens with one attached hydrogen (secondary N) is 2. The van der Waals surface area contributed by atoms with Gasteiger partial charge in [-0.05, 0) is 32.0 Å². The highest BCUT2D eigenvalue weighted by molar-refractivity contribution is 5.94. The fourth-order valence-corrected chi connectivity index (χ4v) is 2.51. The van der Waals surface area contributed by atoms with E-state index >= 15 is 0 Å². The number of hydrogen-bond donors (Lipinski definition) is 3. The molecular formula is C18H19N7O5. The number of aromatic hydroxyl groups is 1. The number of phenolic OH excluding ortho intramolecular Hbond substituents is 1. The molecule has 156 valence electrons. The molecule has 3 N–H and O–H groups in total. The Labute approximate surface area is 170 Å². The molecule has 0 spiro atoms. The molecule has 2 heterocycles. The van der Waals surface area contributed by atoms with Gasteiger partial charge in [0.2, 0.25) is 5.75 Å². The Hall–Kier alpha value is -4.22. The third-order valence-corrected chi connectivity index (χ3v) is 4.00. The molecule has 0 unspecified atom stereocenters. The van der Waals surface area contributed by atoms with E-state index in [9.17, 15) is 14.7 Å². The summed E-state index contributed by atoms with van der Waals surface area (Å²) in [4.78, 5) is 26.9. The second kappa shape index (κ2) is 8.43. The van der Waals surface area contributed by atoms with Gasteiger partial charge in [0, 0.05) is 5.56 Å². The monoisotopic (exact) mass is 413 g/mol. The Morgan fingerprint density at radius 1 is 1.20 bits per heavy atom. The lowest BCUT2D eigenvalue weighted by Crippen LogP contribution is -2.24. The van der Waals surface area contributed by atoms with Crippen molar-refractivity contribution in [1.29, 1.82) is 0 Å². The van der Waals surface area contributed by atoms with Gasteiger partial charge in [-0.1, -0.05) is 0 Å². The predicted octanol–water partition coefficient (Wildman–Crippen LogP) is 0.454. The number of carbonyl (C=O) groups excluding carboxylic acids is 1. The number of aryl methyl sites for hydroxylation is 2. The normalized spacial score (nSPS) is 10.9. The number of hydrazone groups is 1. The number of H-pyrrole nitrogens is 1. The van der Waals surface area contributed by atoms with Crippen LogP contribution in [0.4, 0.5) is 0 Å². The van der Waals surface area contributed by atoms with Gasteiger partial charge in [-0.15, -0.1) is 10.2 Å². The maximum atomic E-state index is 12.6. The van der Waals surface area contributed by atoms with Crippen LogP contribution < -0.4 is 20.5 Å². The lowest BCUT2D eigenvalue weighted by atomic mass is 10.2. The highest BCUT2D eigenvalue weighted by Crippen LogP contribution is 2.36. The van der Waals surface area contributed by atoms with Crippen LogP contribution in [-0.2, 0) is 0 Å². The van der Waals surface area contributed by atoms with E-state index in [4.69, 9.17) is 9.47 Å². The molecule has 0 saturated heterocycles. The van der Waals surface area contributed by atoms with Crippen LogP contribution in [0.25, 0.3) is 5.95 Å². The smallest absolute Gasteiger partial charge is 0.290 e. The first-order chi connectivity index (χ1) is 14.3. The summed E-state index contributed by atoms with van der Waals surface area (Å²) >= 11 is 0. The number of methoxy groups -OCH3 is 2. The van der Waals surface area contributed by atoms with E-state index in [1.807, 2.05) is 0 Å². The second-order valence-electron chi connectivity index (χ2n) is 6.12. The molecule has 0 aliphatic rings. The van der Waals surface area contributed by atoms with E-state index in [1.165, 1.54) is 50.2 Å². The summed E-state index contributed by atoms with van der Waals surface area (Å²) in [6.07, 6.45) is 1.35. The van der Waals surface area contributed by atoms with Gasteiger partial charge in [0.1, 0.15) is 11.4 Å². The summed E-state index contributed by atoms with van der Waals surface area (Å²) in [6, 6.07) is 4.56. The van der Waals surface area contributed by atoms with Gasteiger partial charge in [-0.25, -0.2) is 5.43 Å². The number of ether oxygens (including phenoxy) is 2. The predicted molar refractivity (Wildman–Crippen MR) is 106 cm³/mol. The van der Waals surface area contributed by atoms with Crippen LogP contribution in [0.5, 0.6) is 17.2 Å². The van der Waals surface area contributed by atoms with E-state index in [1.54, 1.807) is 6.92 Å². The number of hydrogen-bond acceptors (Lipinski definition) is 9. The van der Waals surface area contributed by atoms with E-state index < -0.39 is 11.5 Å². The molecule has 0 saturated carbocycles. The zero-order valence-corrected chi connectivity index (χ0v) is 16.6. The standard InChI is InChI=1S/C18H19N7O5/c1-9-5-12(25(24-9)18-20-16(27)10(2)21-23-18)17(28)22-19-8-11-6-13(29-3)15(26)14(7-11)30-4/h5-8,26H,1-4H3,(H,22,28)(H,20,23,27)/b19-8-. The Morgan fingerprint density at radius 2 is 1.87 bits per heavy atom. The van der Waals surface area contributed by atoms with Crippen molar-refractivity contribution in [2.75, 3.05) is 14.2 Å². The maximum Gasteiger partial charge on any atom is 0.290 e. The average Bonchev–Trinajstić information content (AvgIpc) is 3.12. The van der Waals surface area contributed by atoms with Crippen molar-refractivity contribution in [3.05, 3.63) is 51.2 Å². The Balaban J connectivity index is 1.84. The molecular weight excluding hydrogens is 394 g/mol. The highest BCUT2D eigenvalue weighted by atomic mass is 16.5. The quantitative estimate of drug-likeness (QED) is 0.388. The zero-order valence-electron chi connectivity index (χ0n) is 16.6. The molecule has 0 atom stereocenters. The van der Waals surface area contributed by atoms with Crippen molar-refractivity contribution < 1.29 is 19.4 Å². The average molecular weight is 413 g/mol. The molecule has 0 fully saturated rings. The van der Waals surface area contributed by atoms with Crippen molar-refractivity contribution in [3.8, 4) is 23.2 Å². The van der Waals surface area contributed by atoms with E-state index in [2.05, 4.69) is 30.8 Å². The van der Waals surface area contributed by atoms with Crippen LogP contribution in [0.1, 0.15) is 27.4 Å². The van der Waals surface area contributed by atoms with Crippen molar-refractivity contribution in [3.63, 3.8) is 0 Å². The molecule has 1 aromatic carbocycles. The summed E-state index contributed by atoms with van der Waals surface area (Å²) < 4.78 is 11.3. The Morgan fingerprint density at radius 3 is 2.47 bits per heavy atom. The number of nitrogens with zero attached hydrogens (tertiary/aromatic N) is 5. The first-order valence-corrected chi connectivity index (χ1v) is 8.63. The Kier molecular flexibility index (Phi) is 5.76. The van der Waals surface area contributed by atoms with Crippen LogP contribution in [-0.4, -0.2) is 56.4 Å². The van der Waals surface area contributed by atoms with Gasteiger partial charge in [-0.3, -0.25) is 14.6 Å². The Bertz CT molecular complexity index is 1160. The molecule has 0 aliphatic heterocycles. The molecule has 12 heteroatoms. The third-order valence-electron chi connectivity index (χ3n) is 4.00. The fourth-order valence-electron chi connectivity index (χ4n) is 2.51. The maximum absolute atomic E-state index is 12.6. The minimum atomic E-state index is -0.590. The second-order valence-corrected chi connectivity index (χ2v) is 6.12. The summed E-state index contributed by atoms with van der Waals surface area (Å²) in [5.74, 6) is -0.349. The van der Waals surface area contributed by atoms with Crippen molar-refractivity contribution in [1.82, 2.24) is 30.4 Å². The number of aromatic nitrogens is 5. The molecule has 12 nitrogen and oxygen atoms in total. The summed E-state index contributed by atoms with van der Waals surface area (Å²) in [5, 5.41) is 25.6. The van der Waals surface area contributed by atoms with Crippen molar-refractivity contribution >= 4 is 12.1 Å². The minimum absolute atomic E-state index is 0.000775. The number of benzene rings is 1. The number of rotatable bonds is 6. The summed E-state index contributed by atoms with van der Waals surface area (Å²) in [5.41, 5.74) is 3.27. The lowest BCUT2D eigenvalue weighted by molar-refractivity contribution is 0.0947. The first-order valence-electron chi connectivity index (χ1n) is 8.63. The van der Waals surface area contributed by atoms with E-state index in [0.29, 0.717) is 11.3 Å². The largest absolute Gasteiger partial charge is 0.502 e. The van der Waals surface area contributed by atoms with Gasteiger partial charge in [0.15, 0.2) is 11.5 Å². The van der Waals surface area contributed by atoms with Crippen molar-refractivity contribution in [2.45, 2.75) is 13.8 Å². The molecule has 2 aromatic heterocycles. The van der Waals surface area contributed by atoms with Crippen LogP contribution in [0, 0.1) is 13.8 Å². The first kappa shape index (κ1) is 20.5. The summed E-state index contributed by atoms with van der Waals surface area (Å²) in [7, 11) is 2.80. The molecule has 0 radical (unpaired) electrons. The number of carbonyl (C=O) groups is 1.